The van der Waals surface area contributed by atoms with Gasteiger partial charge in [0.25, 0.3) is 0 Å². The lowest BCUT2D eigenvalue weighted by Crippen LogP contribution is -2.12. The van der Waals surface area contributed by atoms with E-state index in [0.29, 0.717) is 5.92 Å². The molecule has 5 nitrogen and oxygen atoms in total. The summed E-state index contributed by atoms with van der Waals surface area (Å²) >= 11 is 0. The molecule has 0 bridgehead atoms. The van der Waals surface area contributed by atoms with Gasteiger partial charge in [-0.2, -0.15) is 0 Å². The smallest absolute Gasteiger partial charge is 0.147 e. The third-order valence-corrected chi connectivity index (χ3v) is 3.05. The highest BCUT2D eigenvalue weighted by Gasteiger charge is 2.17. The molecule has 2 heterocycles. The van der Waals surface area contributed by atoms with Gasteiger partial charge in [-0.25, -0.2) is 15.0 Å². The Balaban J connectivity index is 2.59. The standard InChI is InChI=1S/C14H21N5/c1-5-11-16-7-8-19(11)14-12(10(3)4)13(15-6-2)17-9-18-14/h7-10H,5-6H2,1-4H3,(H,15,17,18). The van der Waals surface area contributed by atoms with Crippen molar-refractivity contribution in [1.29, 1.82) is 0 Å². The van der Waals surface area contributed by atoms with Crippen LogP contribution in [0.3, 0.4) is 0 Å². The van der Waals surface area contributed by atoms with Crippen LogP contribution in [0, 0.1) is 0 Å². The van der Waals surface area contributed by atoms with E-state index in [2.05, 4.69) is 52.5 Å². The highest BCUT2D eigenvalue weighted by Crippen LogP contribution is 2.27. The van der Waals surface area contributed by atoms with Crippen molar-refractivity contribution in [1.82, 2.24) is 19.5 Å². The second-order valence-corrected chi connectivity index (χ2v) is 4.71. The largest absolute Gasteiger partial charge is 0.370 e. The number of hydrogen-bond acceptors (Lipinski definition) is 4. The van der Waals surface area contributed by atoms with Crippen LogP contribution in [-0.2, 0) is 6.42 Å². The molecule has 19 heavy (non-hydrogen) atoms. The minimum atomic E-state index is 0.345. The van der Waals surface area contributed by atoms with Gasteiger partial charge in [-0.1, -0.05) is 20.8 Å². The summed E-state index contributed by atoms with van der Waals surface area (Å²) in [6.45, 7) is 9.33. The number of nitrogens with one attached hydrogen (secondary N) is 1. The van der Waals surface area contributed by atoms with Crippen molar-refractivity contribution < 1.29 is 0 Å². The van der Waals surface area contributed by atoms with Crippen LogP contribution in [0.2, 0.25) is 0 Å². The third-order valence-electron chi connectivity index (χ3n) is 3.05. The number of nitrogens with zero attached hydrogens (tertiary/aromatic N) is 4. The maximum atomic E-state index is 4.47. The number of aryl methyl sites for hydroxylation is 1. The van der Waals surface area contributed by atoms with Gasteiger partial charge in [-0.3, -0.25) is 4.57 Å². The van der Waals surface area contributed by atoms with E-state index in [1.165, 1.54) is 0 Å². The van der Waals surface area contributed by atoms with Crippen LogP contribution >= 0.6 is 0 Å². The Morgan fingerprint density at radius 2 is 2.00 bits per heavy atom. The summed E-state index contributed by atoms with van der Waals surface area (Å²) < 4.78 is 2.05. The van der Waals surface area contributed by atoms with Crippen molar-refractivity contribution in [2.75, 3.05) is 11.9 Å². The zero-order chi connectivity index (χ0) is 13.8. The Morgan fingerprint density at radius 3 is 2.63 bits per heavy atom. The van der Waals surface area contributed by atoms with Crippen LogP contribution in [0.5, 0.6) is 0 Å². The topological polar surface area (TPSA) is 55.6 Å². The average molecular weight is 259 g/mol. The molecule has 0 saturated heterocycles. The molecular formula is C14H21N5. The SMILES string of the molecule is CCNc1ncnc(-n2ccnc2CC)c1C(C)C. The van der Waals surface area contributed by atoms with Crippen molar-refractivity contribution in [3.63, 3.8) is 0 Å². The van der Waals surface area contributed by atoms with E-state index in [4.69, 9.17) is 0 Å². The van der Waals surface area contributed by atoms with E-state index in [-0.39, 0.29) is 0 Å². The van der Waals surface area contributed by atoms with Crippen LogP contribution in [0.15, 0.2) is 18.7 Å². The molecule has 5 heteroatoms. The molecule has 0 aromatic carbocycles. The molecule has 0 amide bonds. The Hall–Kier alpha value is -1.91. The predicted molar refractivity (Wildman–Crippen MR) is 76.8 cm³/mol. The van der Waals surface area contributed by atoms with E-state index in [0.717, 1.165) is 36.0 Å². The summed E-state index contributed by atoms with van der Waals surface area (Å²) in [6.07, 6.45) is 6.27. The van der Waals surface area contributed by atoms with Crippen LogP contribution in [0.4, 0.5) is 5.82 Å². The summed E-state index contributed by atoms with van der Waals surface area (Å²) in [5.74, 6) is 3.20. The molecule has 0 saturated carbocycles. The highest BCUT2D eigenvalue weighted by atomic mass is 15.1. The summed E-state index contributed by atoms with van der Waals surface area (Å²) in [4.78, 5) is 13.2. The van der Waals surface area contributed by atoms with E-state index in [9.17, 15) is 0 Å². The summed E-state index contributed by atoms with van der Waals surface area (Å²) in [5.41, 5.74) is 1.14. The monoisotopic (exact) mass is 259 g/mol. The molecule has 0 spiro atoms. The average Bonchev–Trinajstić information content (AvgIpc) is 2.86. The molecule has 0 atom stereocenters. The number of aromatic nitrogens is 4. The second-order valence-electron chi connectivity index (χ2n) is 4.71. The van der Waals surface area contributed by atoms with Gasteiger partial charge in [0, 0.05) is 30.9 Å². The maximum absolute atomic E-state index is 4.47. The van der Waals surface area contributed by atoms with Crippen molar-refractivity contribution in [3.8, 4) is 5.82 Å². The number of anilines is 1. The second kappa shape index (κ2) is 5.82. The van der Waals surface area contributed by atoms with Gasteiger partial charge in [0.15, 0.2) is 0 Å². The molecule has 0 aliphatic heterocycles. The molecular weight excluding hydrogens is 238 g/mol. The molecule has 0 aliphatic carbocycles. The molecule has 0 fully saturated rings. The van der Waals surface area contributed by atoms with Gasteiger partial charge in [-0.05, 0) is 12.8 Å². The lowest BCUT2D eigenvalue weighted by molar-refractivity contribution is 0.791. The zero-order valence-corrected chi connectivity index (χ0v) is 12.0. The first-order valence-electron chi connectivity index (χ1n) is 6.80. The van der Waals surface area contributed by atoms with Gasteiger partial charge in [0.2, 0.25) is 0 Å². The van der Waals surface area contributed by atoms with Crippen LogP contribution in [-0.4, -0.2) is 26.1 Å². The van der Waals surface area contributed by atoms with Gasteiger partial charge >= 0.3 is 0 Å². The molecule has 0 unspecified atom stereocenters. The number of imidazole rings is 1. The lowest BCUT2D eigenvalue weighted by Gasteiger charge is -2.17. The Bertz CT molecular complexity index is 545. The highest BCUT2D eigenvalue weighted by molar-refractivity contribution is 5.54. The van der Waals surface area contributed by atoms with Gasteiger partial charge in [-0.15, -0.1) is 0 Å². The number of rotatable bonds is 5. The van der Waals surface area contributed by atoms with Crippen LogP contribution in [0.1, 0.15) is 45.0 Å². The fourth-order valence-corrected chi connectivity index (χ4v) is 2.21. The van der Waals surface area contributed by atoms with Crippen molar-refractivity contribution >= 4 is 5.82 Å². The quantitative estimate of drug-likeness (QED) is 0.897. The molecule has 0 radical (unpaired) electrons. The summed E-state index contributed by atoms with van der Waals surface area (Å²) in [6, 6.07) is 0. The first kappa shape index (κ1) is 13.5. The fourth-order valence-electron chi connectivity index (χ4n) is 2.21. The van der Waals surface area contributed by atoms with Crippen molar-refractivity contribution in [2.24, 2.45) is 0 Å². The molecule has 0 aliphatic rings. The van der Waals surface area contributed by atoms with Gasteiger partial charge in [0.05, 0.1) is 0 Å². The van der Waals surface area contributed by atoms with E-state index >= 15 is 0 Å². The minimum Gasteiger partial charge on any atom is -0.370 e. The number of hydrogen-bond donors (Lipinski definition) is 1. The third kappa shape index (κ3) is 2.59. The van der Waals surface area contributed by atoms with E-state index in [1.54, 1.807) is 6.33 Å². The molecule has 1 N–H and O–H groups in total. The first-order chi connectivity index (χ1) is 9.19. The zero-order valence-electron chi connectivity index (χ0n) is 12.0. The molecule has 2 aromatic heterocycles. The lowest BCUT2D eigenvalue weighted by atomic mass is 10.0. The molecule has 2 rings (SSSR count). The van der Waals surface area contributed by atoms with Gasteiger partial charge in [0.1, 0.15) is 23.8 Å². The van der Waals surface area contributed by atoms with E-state index < -0.39 is 0 Å². The molecule has 102 valence electrons. The first-order valence-corrected chi connectivity index (χ1v) is 6.80. The minimum absolute atomic E-state index is 0.345. The van der Waals surface area contributed by atoms with E-state index in [1.807, 2.05) is 12.4 Å². The normalized spacial score (nSPS) is 11.0. The van der Waals surface area contributed by atoms with Crippen molar-refractivity contribution in [2.45, 2.75) is 40.0 Å². The van der Waals surface area contributed by atoms with Crippen LogP contribution < -0.4 is 5.32 Å². The molecule has 2 aromatic rings. The summed E-state index contributed by atoms with van der Waals surface area (Å²) in [5, 5.41) is 3.31. The van der Waals surface area contributed by atoms with Crippen LogP contribution in [0.25, 0.3) is 5.82 Å². The Kier molecular flexibility index (Phi) is 4.14. The Labute approximate surface area is 114 Å². The van der Waals surface area contributed by atoms with Gasteiger partial charge < -0.3 is 5.32 Å². The predicted octanol–water partition coefficient (Wildman–Crippen LogP) is 2.78. The maximum Gasteiger partial charge on any atom is 0.147 e. The fraction of sp³-hybridized carbons (Fsp3) is 0.500. The summed E-state index contributed by atoms with van der Waals surface area (Å²) in [7, 11) is 0. The van der Waals surface area contributed by atoms with Crippen molar-refractivity contribution in [3.05, 3.63) is 30.1 Å². The Morgan fingerprint density at radius 1 is 1.21 bits per heavy atom.